The van der Waals surface area contributed by atoms with Crippen LogP contribution in [0.1, 0.15) is 27.2 Å². The molecule has 1 saturated carbocycles. The minimum atomic E-state index is -1.70. The number of esters is 1. The summed E-state index contributed by atoms with van der Waals surface area (Å²) in [4.78, 5) is 27.4. The fourth-order valence-electron chi connectivity index (χ4n) is 2.98. The molecule has 1 heterocycles. The molecule has 148 valence electrons. The summed E-state index contributed by atoms with van der Waals surface area (Å²) in [6.07, 6.45) is -1.63. The Hall–Kier alpha value is -2.48. The number of hydrogen-bond donors (Lipinski definition) is 3. The Kier molecular flexibility index (Phi) is 5.89. The third kappa shape index (κ3) is 4.10. The van der Waals surface area contributed by atoms with Crippen molar-refractivity contribution in [3.05, 3.63) is 22.7 Å². The van der Waals surface area contributed by atoms with Gasteiger partial charge in [0.1, 0.15) is 11.9 Å². The topological polar surface area (TPSA) is 161 Å². The molecule has 1 aromatic heterocycles. The van der Waals surface area contributed by atoms with Crippen molar-refractivity contribution >= 4 is 11.8 Å². The number of rotatable bonds is 5. The highest BCUT2D eigenvalue weighted by molar-refractivity contribution is 5.75. The molecule has 1 aromatic rings. The monoisotopic (exact) mass is 380 g/mol. The van der Waals surface area contributed by atoms with E-state index < -0.39 is 40.7 Å². The van der Waals surface area contributed by atoms with Crippen molar-refractivity contribution in [1.29, 1.82) is 5.26 Å². The molecule has 2 unspecified atom stereocenters. The number of anilines is 1. The Morgan fingerprint density at radius 3 is 2.74 bits per heavy atom. The van der Waals surface area contributed by atoms with Crippen molar-refractivity contribution in [2.75, 3.05) is 19.1 Å². The van der Waals surface area contributed by atoms with E-state index in [1.807, 2.05) is 6.07 Å². The average molecular weight is 380 g/mol. The fraction of sp³-hybridized carbons (Fsp3) is 0.647. The van der Waals surface area contributed by atoms with Gasteiger partial charge in [-0.1, -0.05) is 0 Å². The number of aliphatic hydroxyl groups excluding tert-OH is 2. The highest BCUT2D eigenvalue weighted by atomic mass is 16.7. The summed E-state index contributed by atoms with van der Waals surface area (Å²) in [6.45, 7) is 4.71. The highest BCUT2D eigenvalue weighted by Gasteiger charge is 2.55. The number of ether oxygens (including phenoxy) is 2. The van der Waals surface area contributed by atoms with Gasteiger partial charge in [0.15, 0.2) is 12.3 Å². The highest BCUT2D eigenvalue weighted by Crippen LogP contribution is 2.40. The fourth-order valence-corrected chi connectivity index (χ4v) is 2.98. The lowest BCUT2D eigenvalue weighted by atomic mass is 9.95. The standard InChI is InChI=1S/C17H24N4O6/c1-16(2,3)14(24)27-9-26-7-10-6-17(8-18,13(23)12(10)22)21-5-4-11(19)20-15(21)25/h4-5,10,12-13,22-23H,6-7,9H2,1-3H3,(H2,19,20,25)/t10-,12?,13?,17+/m1/s1. The maximum absolute atomic E-state index is 12.1. The van der Waals surface area contributed by atoms with Gasteiger partial charge in [-0.2, -0.15) is 10.2 Å². The molecule has 2 rings (SSSR count). The number of aromatic nitrogens is 2. The third-order valence-corrected chi connectivity index (χ3v) is 4.54. The summed E-state index contributed by atoms with van der Waals surface area (Å²) in [5, 5.41) is 30.4. The number of nitrogens with zero attached hydrogens (tertiary/aromatic N) is 3. The van der Waals surface area contributed by atoms with Crippen LogP contribution in [0.4, 0.5) is 5.82 Å². The molecular weight excluding hydrogens is 356 g/mol. The Morgan fingerprint density at radius 1 is 1.52 bits per heavy atom. The van der Waals surface area contributed by atoms with Crippen LogP contribution in [0.2, 0.25) is 0 Å². The predicted molar refractivity (Wildman–Crippen MR) is 93.0 cm³/mol. The van der Waals surface area contributed by atoms with E-state index in [-0.39, 0.29) is 25.6 Å². The number of nitriles is 1. The van der Waals surface area contributed by atoms with Gasteiger partial charge in [-0.3, -0.25) is 9.36 Å². The van der Waals surface area contributed by atoms with Crippen LogP contribution in [0.15, 0.2) is 17.1 Å². The second kappa shape index (κ2) is 7.64. The lowest BCUT2D eigenvalue weighted by Gasteiger charge is -2.27. The van der Waals surface area contributed by atoms with Crippen LogP contribution in [0.5, 0.6) is 0 Å². The number of carbonyl (C=O) groups is 1. The predicted octanol–water partition coefficient (Wildman–Crippen LogP) is -0.651. The summed E-state index contributed by atoms with van der Waals surface area (Å²) in [7, 11) is 0. The van der Waals surface area contributed by atoms with Gasteiger partial charge in [-0.25, -0.2) is 4.79 Å². The summed E-state index contributed by atoms with van der Waals surface area (Å²) in [5.74, 6) is -1.12. The smallest absolute Gasteiger partial charge is 0.350 e. The van der Waals surface area contributed by atoms with Crippen LogP contribution in [0, 0.1) is 22.7 Å². The number of nitrogens with two attached hydrogens (primary N) is 1. The van der Waals surface area contributed by atoms with E-state index in [1.54, 1.807) is 20.8 Å². The van der Waals surface area contributed by atoms with E-state index in [2.05, 4.69) is 4.98 Å². The Labute approximate surface area is 156 Å². The van der Waals surface area contributed by atoms with Gasteiger partial charge >= 0.3 is 11.7 Å². The first-order valence-electron chi connectivity index (χ1n) is 8.41. The van der Waals surface area contributed by atoms with Crippen molar-refractivity contribution < 1.29 is 24.5 Å². The quantitative estimate of drug-likeness (QED) is 0.342. The van der Waals surface area contributed by atoms with Crippen molar-refractivity contribution in [1.82, 2.24) is 9.55 Å². The SMILES string of the molecule is CC(C)(C)C(=O)OCOC[C@H]1C[C@@](C#N)(n2ccc(N)nc2=O)C(O)C1O. The Balaban J connectivity index is 2.09. The normalized spacial score (nSPS) is 27.9. The first-order valence-corrected chi connectivity index (χ1v) is 8.41. The van der Waals surface area contributed by atoms with E-state index in [9.17, 15) is 25.1 Å². The van der Waals surface area contributed by atoms with Gasteiger partial charge in [-0.05, 0) is 33.3 Å². The van der Waals surface area contributed by atoms with Crippen LogP contribution in [-0.4, -0.2) is 51.3 Å². The minimum absolute atomic E-state index is 0.0158. The van der Waals surface area contributed by atoms with Gasteiger partial charge in [0.2, 0.25) is 0 Å². The van der Waals surface area contributed by atoms with Gasteiger partial charge in [0.25, 0.3) is 0 Å². The molecule has 0 bridgehead atoms. The Bertz CT molecular complexity index is 796. The summed E-state index contributed by atoms with van der Waals surface area (Å²) in [6, 6.07) is 3.25. The number of hydrogen-bond acceptors (Lipinski definition) is 9. The maximum Gasteiger partial charge on any atom is 0.350 e. The van der Waals surface area contributed by atoms with Crippen molar-refractivity contribution in [2.24, 2.45) is 11.3 Å². The van der Waals surface area contributed by atoms with Crippen LogP contribution in [0.25, 0.3) is 0 Å². The number of aliphatic hydroxyl groups is 2. The zero-order valence-corrected chi connectivity index (χ0v) is 15.5. The largest absolute Gasteiger partial charge is 0.438 e. The Morgan fingerprint density at radius 2 is 2.19 bits per heavy atom. The first kappa shape index (κ1) is 20.8. The molecule has 10 heteroatoms. The summed E-state index contributed by atoms with van der Waals surface area (Å²) < 4.78 is 11.2. The average Bonchev–Trinajstić information content (AvgIpc) is 2.83. The van der Waals surface area contributed by atoms with Crippen LogP contribution >= 0.6 is 0 Å². The molecule has 0 radical (unpaired) electrons. The van der Waals surface area contributed by atoms with Crippen LogP contribution in [0.3, 0.4) is 0 Å². The van der Waals surface area contributed by atoms with Crippen LogP contribution < -0.4 is 11.4 Å². The molecule has 0 aromatic carbocycles. The molecular formula is C17H24N4O6. The molecule has 1 aliphatic rings. The number of nitrogen functional groups attached to an aromatic ring is 1. The van der Waals surface area contributed by atoms with Gasteiger partial charge < -0.3 is 25.4 Å². The second-order valence-corrected chi connectivity index (χ2v) is 7.61. The summed E-state index contributed by atoms with van der Waals surface area (Å²) >= 11 is 0. The lowest BCUT2D eigenvalue weighted by molar-refractivity contribution is -0.167. The molecule has 27 heavy (non-hydrogen) atoms. The lowest BCUT2D eigenvalue weighted by Crippen LogP contribution is -2.48. The summed E-state index contributed by atoms with van der Waals surface area (Å²) in [5.41, 5.74) is 2.28. The van der Waals surface area contributed by atoms with Crippen molar-refractivity contribution in [2.45, 2.75) is 44.9 Å². The minimum Gasteiger partial charge on any atom is -0.438 e. The first-order chi connectivity index (χ1) is 12.5. The van der Waals surface area contributed by atoms with E-state index >= 15 is 0 Å². The zero-order valence-electron chi connectivity index (χ0n) is 15.5. The molecule has 1 aliphatic carbocycles. The van der Waals surface area contributed by atoms with Gasteiger partial charge in [0.05, 0.1) is 24.2 Å². The van der Waals surface area contributed by atoms with Crippen LogP contribution in [-0.2, 0) is 19.8 Å². The molecule has 1 fully saturated rings. The van der Waals surface area contributed by atoms with Gasteiger partial charge in [0, 0.05) is 12.1 Å². The molecule has 0 spiro atoms. The van der Waals surface area contributed by atoms with Crippen molar-refractivity contribution in [3.63, 3.8) is 0 Å². The second-order valence-electron chi connectivity index (χ2n) is 7.61. The molecule has 4 N–H and O–H groups in total. The van der Waals surface area contributed by atoms with E-state index in [4.69, 9.17) is 15.2 Å². The third-order valence-electron chi connectivity index (χ3n) is 4.54. The van der Waals surface area contributed by atoms with Gasteiger partial charge in [-0.15, -0.1) is 0 Å². The molecule has 4 atom stereocenters. The molecule has 10 nitrogen and oxygen atoms in total. The maximum atomic E-state index is 12.1. The van der Waals surface area contributed by atoms with Crippen molar-refractivity contribution in [3.8, 4) is 6.07 Å². The van der Waals surface area contributed by atoms with E-state index in [0.29, 0.717) is 0 Å². The van der Waals surface area contributed by atoms with E-state index in [0.717, 1.165) is 4.57 Å². The molecule has 0 saturated heterocycles. The number of carbonyl (C=O) groups excluding carboxylic acids is 1. The molecule has 0 amide bonds. The van der Waals surface area contributed by atoms with E-state index in [1.165, 1.54) is 12.3 Å². The molecule has 0 aliphatic heterocycles. The zero-order chi connectivity index (χ0) is 20.4.